The van der Waals surface area contributed by atoms with Crippen molar-refractivity contribution in [1.29, 1.82) is 0 Å². The molecular formula is C13H21N3O. The van der Waals surface area contributed by atoms with Gasteiger partial charge in [-0.1, -0.05) is 6.42 Å². The maximum Gasteiger partial charge on any atom is 0.293 e. The molecule has 94 valence electrons. The van der Waals surface area contributed by atoms with E-state index in [0.29, 0.717) is 5.82 Å². The van der Waals surface area contributed by atoms with Gasteiger partial charge in [0.25, 0.3) is 5.56 Å². The SMILES string of the molecule is CNc1nc2c(n(C(C)C)c1=O)CCCCC2. The second kappa shape index (κ2) is 4.90. The van der Waals surface area contributed by atoms with E-state index >= 15 is 0 Å². The van der Waals surface area contributed by atoms with Crippen LogP contribution in [0.15, 0.2) is 4.79 Å². The van der Waals surface area contributed by atoms with Crippen molar-refractivity contribution in [3.8, 4) is 0 Å². The van der Waals surface area contributed by atoms with Crippen LogP contribution < -0.4 is 10.9 Å². The number of hydrogen-bond acceptors (Lipinski definition) is 3. The standard InChI is InChI=1S/C13H21N3O/c1-9(2)16-11-8-6-4-5-7-10(11)15-12(14-3)13(16)17/h9H,4-8H2,1-3H3,(H,14,15). The number of fused-ring (bicyclic) bond motifs is 1. The van der Waals surface area contributed by atoms with Crippen LogP contribution in [-0.2, 0) is 12.8 Å². The van der Waals surface area contributed by atoms with Crippen LogP contribution in [0.25, 0.3) is 0 Å². The van der Waals surface area contributed by atoms with Crippen LogP contribution >= 0.6 is 0 Å². The van der Waals surface area contributed by atoms with Gasteiger partial charge in [0.1, 0.15) is 0 Å². The first-order chi connectivity index (χ1) is 8.15. The summed E-state index contributed by atoms with van der Waals surface area (Å²) in [6.07, 6.45) is 5.56. The van der Waals surface area contributed by atoms with E-state index in [1.807, 2.05) is 4.57 Å². The second-order valence-electron chi connectivity index (χ2n) is 4.93. The molecular weight excluding hydrogens is 214 g/mol. The van der Waals surface area contributed by atoms with Crippen molar-refractivity contribution < 1.29 is 0 Å². The maximum absolute atomic E-state index is 12.3. The van der Waals surface area contributed by atoms with Gasteiger partial charge in [-0.2, -0.15) is 0 Å². The highest BCUT2D eigenvalue weighted by Crippen LogP contribution is 2.21. The van der Waals surface area contributed by atoms with Crippen molar-refractivity contribution in [2.24, 2.45) is 0 Å². The fraction of sp³-hybridized carbons (Fsp3) is 0.692. The molecule has 0 unspecified atom stereocenters. The monoisotopic (exact) mass is 235 g/mol. The molecule has 0 saturated heterocycles. The number of hydrogen-bond donors (Lipinski definition) is 1. The Labute approximate surface area is 102 Å². The van der Waals surface area contributed by atoms with Gasteiger partial charge in [0.2, 0.25) is 0 Å². The molecule has 1 N–H and O–H groups in total. The average Bonchev–Trinajstić information content (AvgIpc) is 2.52. The number of anilines is 1. The predicted octanol–water partition coefficient (Wildman–Crippen LogP) is 2.13. The zero-order chi connectivity index (χ0) is 12.4. The molecule has 0 radical (unpaired) electrons. The number of rotatable bonds is 2. The molecule has 1 heterocycles. The molecule has 0 saturated carbocycles. The van der Waals surface area contributed by atoms with Gasteiger partial charge in [0.15, 0.2) is 5.82 Å². The molecule has 4 nitrogen and oxygen atoms in total. The van der Waals surface area contributed by atoms with Crippen LogP contribution in [0.3, 0.4) is 0 Å². The molecule has 0 bridgehead atoms. The lowest BCUT2D eigenvalue weighted by Crippen LogP contribution is -2.30. The highest BCUT2D eigenvalue weighted by atomic mass is 16.1. The quantitative estimate of drug-likeness (QED) is 0.799. The molecule has 1 aromatic heterocycles. The molecule has 1 aromatic rings. The summed E-state index contributed by atoms with van der Waals surface area (Å²) in [4.78, 5) is 16.8. The van der Waals surface area contributed by atoms with E-state index in [1.54, 1.807) is 7.05 Å². The van der Waals surface area contributed by atoms with Crippen LogP contribution in [-0.4, -0.2) is 16.6 Å². The van der Waals surface area contributed by atoms with Gasteiger partial charge in [-0.3, -0.25) is 4.79 Å². The summed E-state index contributed by atoms with van der Waals surface area (Å²) in [7, 11) is 1.76. The molecule has 0 spiro atoms. The molecule has 0 amide bonds. The summed E-state index contributed by atoms with van der Waals surface area (Å²) >= 11 is 0. The Morgan fingerprint density at radius 2 is 1.94 bits per heavy atom. The Balaban J connectivity index is 2.65. The third kappa shape index (κ3) is 2.21. The number of nitrogens with one attached hydrogen (secondary N) is 1. The fourth-order valence-corrected chi connectivity index (χ4v) is 2.56. The molecule has 0 aromatic carbocycles. The largest absolute Gasteiger partial charge is 0.369 e. The third-order valence-electron chi connectivity index (χ3n) is 3.37. The van der Waals surface area contributed by atoms with Crippen LogP contribution in [0.5, 0.6) is 0 Å². The number of aromatic nitrogens is 2. The van der Waals surface area contributed by atoms with Crippen LogP contribution in [0.2, 0.25) is 0 Å². The van der Waals surface area contributed by atoms with E-state index in [2.05, 4.69) is 24.1 Å². The van der Waals surface area contributed by atoms with Crippen LogP contribution in [0.1, 0.15) is 50.5 Å². The summed E-state index contributed by atoms with van der Waals surface area (Å²) in [6.45, 7) is 4.12. The van der Waals surface area contributed by atoms with Gasteiger partial charge in [0, 0.05) is 18.8 Å². The lowest BCUT2D eigenvalue weighted by molar-refractivity contribution is 0.539. The first-order valence-corrected chi connectivity index (χ1v) is 6.47. The van der Waals surface area contributed by atoms with Crippen molar-refractivity contribution >= 4 is 5.82 Å². The molecule has 1 aliphatic rings. The molecule has 17 heavy (non-hydrogen) atoms. The lowest BCUT2D eigenvalue weighted by atomic mass is 10.1. The van der Waals surface area contributed by atoms with Gasteiger partial charge in [-0.05, 0) is 39.5 Å². The Morgan fingerprint density at radius 1 is 1.24 bits per heavy atom. The highest BCUT2D eigenvalue weighted by Gasteiger charge is 2.19. The van der Waals surface area contributed by atoms with E-state index in [4.69, 9.17) is 0 Å². The minimum Gasteiger partial charge on any atom is -0.369 e. The van der Waals surface area contributed by atoms with E-state index in [9.17, 15) is 4.79 Å². The second-order valence-corrected chi connectivity index (χ2v) is 4.93. The molecule has 0 aliphatic heterocycles. The van der Waals surface area contributed by atoms with E-state index in [-0.39, 0.29) is 11.6 Å². The summed E-state index contributed by atoms with van der Waals surface area (Å²) in [5.41, 5.74) is 2.28. The van der Waals surface area contributed by atoms with Crippen molar-refractivity contribution in [3.05, 3.63) is 21.7 Å². The van der Waals surface area contributed by atoms with Crippen LogP contribution in [0, 0.1) is 0 Å². The topological polar surface area (TPSA) is 46.9 Å². The summed E-state index contributed by atoms with van der Waals surface area (Å²) in [5.74, 6) is 0.486. The van der Waals surface area contributed by atoms with Gasteiger partial charge < -0.3 is 9.88 Å². The summed E-state index contributed by atoms with van der Waals surface area (Å²) < 4.78 is 1.92. The van der Waals surface area contributed by atoms with Gasteiger partial charge in [-0.25, -0.2) is 4.98 Å². The fourth-order valence-electron chi connectivity index (χ4n) is 2.56. The first-order valence-electron chi connectivity index (χ1n) is 6.47. The Morgan fingerprint density at radius 3 is 2.59 bits per heavy atom. The zero-order valence-corrected chi connectivity index (χ0v) is 10.9. The van der Waals surface area contributed by atoms with Gasteiger partial charge in [0.05, 0.1) is 5.69 Å². The van der Waals surface area contributed by atoms with E-state index in [1.165, 1.54) is 19.3 Å². The molecule has 4 heteroatoms. The number of aryl methyl sites for hydroxylation is 1. The molecule has 0 fully saturated rings. The van der Waals surface area contributed by atoms with Crippen molar-refractivity contribution in [1.82, 2.24) is 9.55 Å². The Hall–Kier alpha value is -1.32. The minimum absolute atomic E-state index is 0.0168. The van der Waals surface area contributed by atoms with E-state index in [0.717, 1.165) is 24.2 Å². The lowest BCUT2D eigenvalue weighted by Gasteiger charge is -2.19. The Bertz CT molecular complexity index is 462. The smallest absolute Gasteiger partial charge is 0.293 e. The Kier molecular flexibility index (Phi) is 3.50. The normalized spacial score (nSPS) is 15.5. The van der Waals surface area contributed by atoms with Crippen molar-refractivity contribution in [2.75, 3.05) is 12.4 Å². The first kappa shape index (κ1) is 12.1. The molecule has 1 aliphatic carbocycles. The summed E-state index contributed by atoms with van der Waals surface area (Å²) in [6, 6.07) is 0.199. The highest BCUT2D eigenvalue weighted by molar-refractivity contribution is 5.35. The third-order valence-corrected chi connectivity index (χ3v) is 3.37. The maximum atomic E-state index is 12.3. The minimum atomic E-state index is 0.0168. The van der Waals surface area contributed by atoms with Crippen LogP contribution in [0.4, 0.5) is 5.82 Å². The van der Waals surface area contributed by atoms with Gasteiger partial charge >= 0.3 is 0 Å². The number of nitrogens with zero attached hydrogens (tertiary/aromatic N) is 2. The summed E-state index contributed by atoms with van der Waals surface area (Å²) in [5, 5.41) is 2.92. The molecule has 2 rings (SSSR count). The van der Waals surface area contributed by atoms with Crippen molar-refractivity contribution in [2.45, 2.75) is 52.0 Å². The van der Waals surface area contributed by atoms with Crippen molar-refractivity contribution in [3.63, 3.8) is 0 Å². The zero-order valence-electron chi connectivity index (χ0n) is 10.9. The predicted molar refractivity (Wildman–Crippen MR) is 69.7 cm³/mol. The average molecular weight is 235 g/mol. The molecule has 0 atom stereocenters. The van der Waals surface area contributed by atoms with Gasteiger partial charge in [-0.15, -0.1) is 0 Å². The van der Waals surface area contributed by atoms with E-state index < -0.39 is 0 Å².